The van der Waals surface area contributed by atoms with Crippen molar-refractivity contribution in [3.05, 3.63) is 193 Å². The van der Waals surface area contributed by atoms with E-state index in [0.29, 0.717) is 0 Å². The molecule has 0 unspecified atom stereocenters. The molecule has 0 heterocycles. The van der Waals surface area contributed by atoms with Gasteiger partial charge in [0.2, 0.25) is 0 Å². The number of rotatable bonds is 9. The molecule has 50 heavy (non-hydrogen) atoms. The standard InChI is InChI=1S/C48H40N2/c1-3-35-29-31-41(49(39-21-7-5-8-22-39)47-27-15-19-37-17-11-13-25-43(37)47)33-45(35)46-34-42(32-30-36(46)4-2)50(40-23-9-6-10-24-40)48-28-16-20-38-18-12-14-26-44(38)48/h5-34H,3-4H2,1-2H3. The number of para-hydroxylation sites is 2. The molecule has 8 aromatic rings. The van der Waals surface area contributed by atoms with Crippen LogP contribution in [0.2, 0.25) is 0 Å². The summed E-state index contributed by atoms with van der Waals surface area (Å²) in [5.41, 5.74) is 12.1. The van der Waals surface area contributed by atoms with Gasteiger partial charge in [-0.1, -0.05) is 135 Å². The molecule has 0 radical (unpaired) electrons. The Kier molecular flexibility index (Phi) is 8.59. The molecule has 0 atom stereocenters. The van der Waals surface area contributed by atoms with Crippen LogP contribution in [0.4, 0.5) is 34.1 Å². The van der Waals surface area contributed by atoms with Crippen molar-refractivity contribution >= 4 is 55.7 Å². The molecular formula is C48H40N2. The molecule has 0 aliphatic rings. The van der Waals surface area contributed by atoms with E-state index < -0.39 is 0 Å². The minimum atomic E-state index is 0.939. The lowest BCUT2D eigenvalue weighted by molar-refractivity contribution is 1.11. The highest BCUT2D eigenvalue weighted by Crippen LogP contribution is 2.44. The third-order valence-electron chi connectivity index (χ3n) is 9.80. The van der Waals surface area contributed by atoms with Crippen molar-refractivity contribution < 1.29 is 0 Å². The Morgan fingerprint density at radius 1 is 0.340 bits per heavy atom. The molecule has 0 fully saturated rings. The number of nitrogens with zero attached hydrogens (tertiary/aromatic N) is 2. The first-order valence-electron chi connectivity index (χ1n) is 17.7. The molecule has 0 saturated heterocycles. The van der Waals surface area contributed by atoms with Crippen LogP contribution in [0, 0.1) is 0 Å². The predicted molar refractivity (Wildman–Crippen MR) is 215 cm³/mol. The topological polar surface area (TPSA) is 6.48 Å². The van der Waals surface area contributed by atoms with Gasteiger partial charge < -0.3 is 9.80 Å². The third-order valence-corrected chi connectivity index (χ3v) is 9.80. The number of anilines is 6. The minimum Gasteiger partial charge on any atom is -0.310 e. The zero-order valence-corrected chi connectivity index (χ0v) is 28.6. The van der Waals surface area contributed by atoms with Crippen LogP contribution in [0.5, 0.6) is 0 Å². The SMILES string of the molecule is CCc1ccc(N(c2ccccc2)c2cccc3ccccc23)cc1-c1cc(N(c2ccccc2)c2cccc3ccccc23)ccc1CC. The van der Waals surface area contributed by atoms with Crippen LogP contribution in [-0.2, 0) is 12.8 Å². The average molecular weight is 645 g/mol. The zero-order valence-electron chi connectivity index (χ0n) is 28.6. The fourth-order valence-corrected chi connectivity index (χ4v) is 7.34. The Morgan fingerprint density at radius 2 is 0.720 bits per heavy atom. The molecule has 0 spiro atoms. The maximum absolute atomic E-state index is 2.41. The second kappa shape index (κ2) is 13.8. The van der Waals surface area contributed by atoms with Gasteiger partial charge in [0.15, 0.2) is 0 Å². The summed E-state index contributed by atoms with van der Waals surface area (Å²) in [5, 5.41) is 4.91. The molecule has 8 rings (SSSR count). The summed E-state index contributed by atoms with van der Waals surface area (Å²) >= 11 is 0. The van der Waals surface area contributed by atoms with E-state index in [9.17, 15) is 0 Å². The highest BCUT2D eigenvalue weighted by atomic mass is 15.1. The molecule has 0 N–H and O–H groups in total. The Morgan fingerprint density at radius 3 is 1.14 bits per heavy atom. The lowest BCUT2D eigenvalue weighted by atomic mass is 9.91. The Bertz CT molecular complexity index is 2230. The van der Waals surface area contributed by atoms with Gasteiger partial charge in [-0.2, -0.15) is 0 Å². The summed E-state index contributed by atoms with van der Waals surface area (Å²) in [6.45, 7) is 4.53. The van der Waals surface area contributed by atoms with E-state index in [2.05, 4.69) is 206 Å². The first kappa shape index (κ1) is 31.2. The van der Waals surface area contributed by atoms with Crippen molar-refractivity contribution in [2.24, 2.45) is 0 Å². The summed E-state index contributed by atoms with van der Waals surface area (Å²) in [6, 6.07) is 66.1. The van der Waals surface area contributed by atoms with Crippen LogP contribution in [0.1, 0.15) is 25.0 Å². The van der Waals surface area contributed by atoms with Crippen LogP contribution in [0.3, 0.4) is 0 Å². The van der Waals surface area contributed by atoms with Gasteiger partial charge in [0.05, 0.1) is 11.4 Å². The molecule has 0 bridgehead atoms. The highest BCUT2D eigenvalue weighted by molar-refractivity contribution is 6.01. The second-order valence-electron chi connectivity index (χ2n) is 12.7. The summed E-state index contributed by atoms with van der Waals surface area (Å²) < 4.78 is 0. The Labute approximate surface area is 295 Å². The maximum Gasteiger partial charge on any atom is 0.0540 e. The van der Waals surface area contributed by atoms with E-state index in [1.807, 2.05) is 0 Å². The molecule has 0 saturated carbocycles. The van der Waals surface area contributed by atoms with Gasteiger partial charge in [-0.05, 0) is 107 Å². The third kappa shape index (κ3) is 5.80. The number of hydrogen-bond donors (Lipinski definition) is 0. The fourth-order valence-electron chi connectivity index (χ4n) is 7.34. The van der Waals surface area contributed by atoms with Gasteiger partial charge in [0, 0.05) is 33.5 Å². The largest absolute Gasteiger partial charge is 0.310 e. The second-order valence-corrected chi connectivity index (χ2v) is 12.7. The zero-order chi connectivity index (χ0) is 33.9. The summed E-state index contributed by atoms with van der Waals surface area (Å²) in [4.78, 5) is 4.82. The number of fused-ring (bicyclic) bond motifs is 2. The Hall–Kier alpha value is -6.12. The fraction of sp³-hybridized carbons (Fsp3) is 0.0833. The summed E-state index contributed by atoms with van der Waals surface area (Å²) in [5.74, 6) is 0. The van der Waals surface area contributed by atoms with Gasteiger partial charge in [0.25, 0.3) is 0 Å². The number of benzene rings is 8. The van der Waals surface area contributed by atoms with Gasteiger partial charge in [-0.3, -0.25) is 0 Å². The quantitative estimate of drug-likeness (QED) is 0.154. The van der Waals surface area contributed by atoms with Gasteiger partial charge in [-0.15, -0.1) is 0 Å². The van der Waals surface area contributed by atoms with Crippen LogP contribution in [0.15, 0.2) is 182 Å². The van der Waals surface area contributed by atoms with Crippen LogP contribution in [0.25, 0.3) is 32.7 Å². The van der Waals surface area contributed by atoms with Crippen molar-refractivity contribution in [2.75, 3.05) is 9.80 Å². The molecule has 0 aromatic heterocycles. The normalized spacial score (nSPS) is 11.2. The van der Waals surface area contributed by atoms with Crippen molar-refractivity contribution in [1.29, 1.82) is 0 Å². The molecule has 0 aliphatic carbocycles. The number of hydrogen-bond acceptors (Lipinski definition) is 2. The molecule has 242 valence electrons. The van der Waals surface area contributed by atoms with E-state index in [4.69, 9.17) is 0 Å². The highest BCUT2D eigenvalue weighted by Gasteiger charge is 2.20. The number of aryl methyl sites for hydroxylation is 2. The van der Waals surface area contributed by atoms with Crippen molar-refractivity contribution in [1.82, 2.24) is 0 Å². The van der Waals surface area contributed by atoms with Crippen LogP contribution in [-0.4, -0.2) is 0 Å². The Balaban J connectivity index is 1.34. The van der Waals surface area contributed by atoms with Crippen LogP contribution < -0.4 is 9.80 Å². The van der Waals surface area contributed by atoms with Gasteiger partial charge in [0.1, 0.15) is 0 Å². The smallest absolute Gasteiger partial charge is 0.0540 e. The summed E-state index contributed by atoms with van der Waals surface area (Å²) in [6.07, 6.45) is 1.88. The molecule has 2 heteroatoms. The van der Waals surface area contributed by atoms with Crippen molar-refractivity contribution in [3.8, 4) is 11.1 Å². The van der Waals surface area contributed by atoms with Gasteiger partial charge in [-0.25, -0.2) is 0 Å². The first-order chi connectivity index (χ1) is 24.7. The van der Waals surface area contributed by atoms with Crippen LogP contribution >= 0.6 is 0 Å². The lowest BCUT2D eigenvalue weighted by Gasteiger charge is -2.29. The summed E-state index contributed by atoms with van der Waals surface area (Å²) in [7, 11) is 0. The van der Waals surface area contributed by atoms with E-state index in [-0.39, 0.29) is 0 Å². The molecule has 0 aliphatic heterocycles. The van der Waals surface area contributed by atoms with E-state index in [1.165, 1.54) is 55.2 Å². The van der Waals surface area contributed by atoms with Crippen molar-refractivity contribution in [2.45, 2.75) is 26.7 Å². The lowest BCUT2D eigenvalue weighted by Crippen LogP contribution is -2.12. The monoisotopic (exact) mass is 644 g/mol. The van der Waals surface area contributed by atoms with E-state index >= 15 is 0 Å². The van der Waals surface area contributed by atoms with Gasteiger partial charge >= 0.3 is 0 Å². The van der Waals surface area contributed by atoms with E-state index in [0.717, 1.165) is 35.6 Å². The minimum absolute atomic E-state index is 0.939. The average Bonchev–Trinajstić information content (AvgIpc) is 3.19. The molecular weight excluding hydrogens is 605 g/mol. The first-order valence-corrected chi connectivity index (χ1v) is 17.7. The van der Waals surface area contributed by atoms with E-state index in [1.54, 1.807) is 0 Å². The molecule has 8 aromatic carbocycles. The maximum atomic E-state index is 2.41. The van der Waals surface area contributed by atoms with Crippen molar-refractivity contribution in [3.63, 3.8) is 0 Å². The molecule has 2 nitrogen and oxygen atoms in total. The predicted octanol–water partition coefficient (Wildman–Crippen LogP) is 13.7. The molecule has 0 amide bonds.